The zero-order valence-corrected chi connectivity index (χ0v) is 18.4. The van der Waals surface area contributed by atoms with Crippen molar-refractivity contribution < 1.29 is 10.2 Å². The molecule has 0 saturated heterocycles. The maximum atomic E-state index is 10.8. The summed E-state index contributed by atoms with van der Waals surface area (Å²) in [5.74, 6) is 1.87. The maximum absolute atomic E-state index is 10.8. The van der Waals surface area contributed by atoms with Crippen molar-refractivity contribution >= 4 is 11.8 Å². The minimum Gasteiger partial charge on any atom is -0.507 e. The molecule has 1 atom stereocenters. The number of thioether (sulfide) groups is 1. The van der Waals surface area contributed by atoms with Crippen LogP contribution in [-0.2, 0) is 10.8 Å². The topological polar surface area (TPSA) is 40.5 Å². The molecule has 1 aromatic carbocycles. The van der Waals surface area contributed by atoms with E-state index < -0.39 is 0 Å². The Hall–Kier alpha value is -0.670. The fraction of sp³-hybridized carbons (Fsp3) is 0.739. The predicted octanol–water partition coefficient (Wildman–Crippen LogP) is 6.41. The Labute approximate surface area is 164 Å². The molecule has 0 bridgehead atoms. The Morgan fingerprint density at radius 3 is 1.92 bits per heavy atom. The number of aliphatic hydroxyl groups is 1. The Morgan fingerprint density at radius 1 is 0.962 bits per heavy atom. The monoisotopic (exact) mass is 378 g/mol. The second-order valence-corrected chi connectivity index (χ2v) is 11.1. The van der Waals surface area contributed by atoms with Crippen molar-refractivity contribution in [1.82, 2.24) is 0 Å². The molecule has 2 nitrogen and oxygen atoms in total. The molecule has 1 aliphatic rings. The first-order valence-electron chi connectivity index (χ1n) is 10.2. The average Bonchev–Trinajstić information content (AvgIpc) is 2.54. The van der Waals surface area contributed by atoms with Gasteiger partial charge in [0.25, 0.3) is 0 Å². The third-order valence-electron chi connectivity index (χ3n) is 5.58. The summed E-state index contributed by atoms with van der Waals surface area (Å²) in [6, 6.07) is 4.28. The van der Waals surface area contributed by atoms with Crippen LogP contribution in [0.25, 0.3) is 0 Å². The first-order chi connectivity index (χ1) is 12.0. The molecule has 1 aliphatic carbocycles. The number of benzene rings is 1. The van der Waals surface area contributed by atoms with Crippen LogP contribution in [0.1, 0.15) is 91.2 Å². The Bertz CT molecular complexity index is 554. The van der Waals surface area contributed by atoms with Gasteiger partial charge < -0.3 is 10.2 Å². The van der Waals surface area contributed by atoms with Crippen LogP contribution in [0.3, 0.4) is 0 Å². The summed E-state index contributed by atoms with van der Waals surface area (Å²) in [5, 5.41) is 21.3. The molecule has 2 N–H and O–H groups in total. The predicted molar refractivity (Wildman–Crippen MR) is 113 cm³/mol. The van der Waals surface area contributed by atoms with Gasteiger partial charge in [-0.15, -0.1) is 11.8 Å². The van der Waals surface area contributed by atoms with Crippen LogP contribution in [0, 0.1) is 5.92 Å². The van der Waals surface area contributed by atoms with E-state index in [0.29, 0.717) is 11.7 Å². The van der Waals surface area contributed by atoms with Crippen molar-refractivity contribution in [3.8, 4) is 5.75 Å². The molecule has 0 heterocycles. The van der Waals surface area contributed by atoms with Gasteiger partial charge in [-0.1, -0.05) is 60.8 Å². The van der Waals surface area contributed by atoms with Gasteiger partial charge in [-0.2, -0.15) is 0 Å². The summed E-state index contributed by atoms with van der Waals surface area (Å²) in [7, 11) is 0. The molecule has 0 aliphatic heterocycles. The fourth-order valence-electron chi connectivity index (χ4n) is 3.89. The highest BCUT2D eigenvalue weighted by Crippen LogP contribution is 2.42. The van der Waals surface area contributed by atoms with Crippen LogP contribution in [0.15, 0.2) is 17.0 Å². The number of aliphatic hydroxyl groups excluding tert-OH is 1. The van der Waals surface area contributed by atoms with E-state index in [2.05, 4.69) is 53.7 Å². The lowest BCUT2D eigenvalue weighted by atomic mass is 9.79. The van der Waals surface area contributed by atoms with Gasteiger partial charge in [0.15, 0.2) is 0 Å². The van der Waals surface area contributed by atoms with Crippen LogP contribution in [-0.4, -0.2) is 22.1 Å². The summed E-state index contributed by atoms with van der Waals surface area (Å²) in [4.78, 5) is 1.20. The van der Waals surface area contributed by atoms with Crippen molar-refractivity contribution in [3.63, 3.8) is 0 Å². The van der Waals surface area contributed by atoms with Crippen molar-refractivity contribution in [1.29, 1.82) is 0 Å². The normalized spacial score (nSPS) is 18.1. The third kappa shape index (κ3) is 5.66. The number of rotatable bonds is 5. The third-order valence-corrected chi connectivity index (χ3v) is 6.58. The summed E-state index contributed by atoms with van der Waals surface area (Å²) in [5.41, 5.74) is 1.84. The first-order valence-corrected chi connectivity index (χ1v) is 11.2. The van der Waals surface area contributed by atoms with Crippen LogP contribution >= 0.6 is 11.8 Å². The lowest BCUT2D eigenvalue weighted by molar-refractivity contribution is 0.0826. The second-order valence-electron chi connectivity index (χ2n) is 9.97. The molecule has 0 aromatic heterocycles. The van der Waals surface area contributed by atoms with Crippen LogP contribution in [0.5, 0.6) is 5.75 Å². The molecule has 0 spiro atoms. The summed E-state index contributed by atoms with van der Waals surface area (Å²) in [6.45, 7) is 12.9. The number of aromatic hydroxyl groups is 1. The summed E-state index contributed by atoms with van der Waals surface area (Å²) >= 11 is 1.81. The minimum atomic E-state index is -0.163. The standard InChI is InChI=1S/C23H38O2S/c1-22(2,3)18-14-17(15-19(21(18)25)23(4,5)6)26-13-12-20(24)16-10-8-7-9-11-16/h14-16,20,24-25H,7-13H2,1-6H3. The van der Waals surface area contributed by atoms with E-state index in [1.807, 2.05) is 11.8 Å². The molecule has 1 unspecified atom stereocenters. The molecule has 0 radical (unpaired) electrons. The molecular weight excluding hydrogens is 340 g/mol. The van der Waals surface area contributed by atoms with Crippen LogP contribution < -0.4 is 0 Å². The highest BCUT2D eigenvalue weighted by molar-refractivity contribution is 7.99. The van der Waals surface area contributed by atoms with Gasteiger partial charge in [0, 0.05) is 21.8 Å². The average molecular weight is 379 g/mol. The molecule has 0 amide bonds. The molecule has 26 heavy (non-hydrogen) atoms. The van der Waals surface area contributed by atoms with Crippen molar-refractivity contribution in [3.05, 3.63) is 23.3 Å². The highest BCUT2D eigenvalue weighted by atomic mass is 32.2. The molecular formula is C23H38O2S. The quantitative estimate of drug-likeness (QED) is 0.582. The summed E-state index contributed by atoms with van der Waals surface area (Å²) in [6.07, 6.45) is 6.95. The Morgan fingerprint density at radius 2 is 1.46 bits per heavy atom. The zero-order valence-electron chi connectivity index (χ0n) is 17.6. The van der Waals surface area contributed by atoms with E-state index >= 15 is 0 Å². The smallest absolute Gasteiger partial charge is 0.123 e. The van der Waals surface area contributed by atoms with Gasteiger partial charge >= 0.3 is 0 Å². The van der Waals surface area contributed by atoms with Crippen molar-refractivity contribution in [2.24, 2.45) is 5.92 Å². The van der Waals surface area contributed by atoms with E-state index in [1.54, 1.807) is 0 Å². The molecule has 1 fully saturated rings. The van der Waals surface area contributed by atoms with Gasteiger partial charge in [-0.25, -0.2) is 0 Å². The maximum Gasteiger partial charge on any atom is 0.123 e. The van der Waals surface area contributed by atoms with Gasteiger partial charge in [0.2, 0.25) is 0 Å². The molecule has 3 heteroatoms. The Kier molecular flexibility index (Phi) is 7.12. The number of phenolic OH excluding ortho intramolecular Hbond substituents is 1. The van der Waals surface area contributed by atoms with Crippen LogP contribution in [0.4, 0.5) is 0 Å². The second kappa shape index (κ2) is 8.56. The zero-order chi connectivity index (χ0) is 19.5. The number of phenols is 1. The van der Waals surface area contributed by atoms with Gasteiger partial charge in [0.1, 0.15) is 5.75 Å². The lowest BCUT2D eigenvalue weighted by Gasteiger charge is -2.28. The van der Waals surface area contributed by atoms with E-state index in [9.17, 15) is 10.2 Å². The molecule has 2 rings (SSSR count). The van der Waals surface area contributed by atoms with Crippen LogP contribution in [0.2, 0.25) is 0 Å². The van der Waals surface area contributed by atoms with Gasteiger partial charge in [-0.3, -0.25) is 0 Å². The SMILES string of the molecule is CC(C)(C)c1cc(SCCC(O)C2CCCCC2)cc(C(C)(C)C)c1O. The number of hydrogen-bond donors (Lipinski definition) is 2. The van der Waals surface area contributed by atoms with Crippen molar-refractivity contribution in [2.75, 3.05) is 5.75 Å². The van der Waals surface area contributed by atoms with E-state index in [-0.39, 0.29) is 16.9 Å². The van der Waals surface area contributed by atoms with Crippen molar-refractivity contribution in [2.45, 2.75) is 102 Å². The fourth-order valence-corrected chi connectivity index (χ4v) is 4.88. The Balaban J connectivity index is 2.11. The first kappa shape index (κ1) is 21.6. The van der Waals surface area contributed by atoms with Gasteiger partial charge in [0.05, 0.1) is 6.10 Å². The largest absolute Gasteiger partial charge is 0.507 e. The minimum absolute atomic E-state index is 0.0950. The van der Waals surface area contributed by atoms with E-state index in [0.717, 1.165) is 23.3 Å². The van der Waals surface area contributed by atoms with Gasteiger partial charge in [-0.05, 0) is 48.1 Å². The van der Waals surface area contributed by atoms with E-state index in [1.165, 1.54) is 37.0 Å². The van der Waals surface area contributed by atoms with E-state index in [4.69, 9.17) is 0 Å². The molecule has 1 aromatic rings. The number of hydrogen-bond acceptors (Lipinski definition) is 3. The highest BCUT2D eigenvalue weighted by Gasteiger charge is 2.27. The molecule has 1 saturated carbocycles. The summed E-state index contributed by atoms with van der Waals surface area (Å²) < 4.78 is 0. The lowest BCUT2D eigenvalue weighted by Crippen LogP contribution is -2.23. The molecule has 148 valence electrons.